The molecule has 0 bridgehead atoms. The molecule has 0 atom stereocenters. The van der Waals surface area contributed by atoms with Crippen LogP contribution in [-0.4, -0.2) is 30.5 Å². The third-order valence-electron chi connectivity index (χ3n) is 2.16. The molecular weight excluding hydrogens is 288 g/mol. The van der Waals surface area contributed by atoms with Crippen LogP contribution in [0.3, 0.4) is 0 Å². The Balaban J connectivity index is 4.73. The summed E-state index contributed by atoms with van der Waals surface area (Å²) < 4.78 is 9.81. The van der Waals surface area contributed by atoms with Crippen LogP contribution in [0.2, 0.25) is 0 Å². The second kappa shape index (κ2) is 8.06. The van der Waals surface area contributed by atoms with Gasteiger partial charge < -0.3 is 9.47 Å². The second-order valence-electron chi connectivity index (χ2n) is 3.55. The molecule has 17 heavy (non-hydrogen) atoms. The molecule has 0 aliphatic rings. The number of esters is 2. The molecule has 0 amide bonds. The summed E-state index contributed by atoms with van der Waals surface area (Å²) >= 11 is 3.20. The van der Waals surface area contributed by atoms with Crippen molar-refractivity contribution in [3.8, 4) is 0 Å². The number of carbonyl (C=O) groups excluding carboxylic acids is 2. The van der Waals surface area contributed by atoms with Gasteiger partial charge in [0.15, 0.2) is 5.41 Å². The van der Waals surface area contributed by atoms with Gasteiger partial charge >= 0.3 is 11.9 Å². The lowest BCUT2D eigenvalue weighted by molar-refractivity contribution is -0.169. The molecule has 4 nitrogen and oxygen atoms in total. The Kier molecular flexibility index (Phi) is 7.54. The van der Waals surface area contributed by atoms with Crippen LogP contribution in [0.15, 0.2) is 25.3 Å². The maximum atomic E-state index is 11.8. The van der Waals surface area contributed by atoms with E-state index in [0.717, 1.165) is 0 Å². The van der Waals surface area contributed by atoms with Gasteiger partial charge in [0, 0.05) is 5.33 Å². The Hall–Kier alpha value is -1.10. The maximum absolute atomic E-state index is 11.8. The second-order valence-corrected chi connectivity index (χ2v) is 4.34. The van der Waals surface area contributed by atoms with E-state index in [1.54, 1.807) is 0 Å². The van der Waals surface area contributed by atoms with Crippen LogP contribution in [0.1, 0.15) is 13.3 Å². The average Bonchev–Trinajstić information content (AvgIpc) is 2.32. The van der Waals surface area contributed by atoms with Gasteiger partial charge in [-0.2, -0.15) is 0 Å². The van der Waals surface area contributed by atoms with E-state index in [9.17, 15) is 9.59 Å². The van der Waals surface area contributed by atoms with Gasteiger partial charge in [-0.1, -0.05) is 41.2 Å². The average molecular weight is 305 g/mol. The van der Waals surface area contributed by atoms with Crippen LogP contribution in [0.5, 0.6) is 0 Å². The van der Waals surface area contributed by atoms with Gasteiger partial charge in [0.1, 0.15) is 13.2 Å². The molecule has 0 saturated carbocycles. The number of alkyl halides is 1. The summed E-state index contributed by atoms with van der Waals surface area (Å²) in [6.45, 7) is 8.53. The normalized spacial score (nSPS) is 10.5. The van der Waals surface area contributed by atoms with Gasteiger partial charge in [-0.25, -0.2) is 0 Å². The molecule has 0 aliphatic carbocycles. The molecule has 0 aromatic heterocycles. The minimum absolute atomic E-state index is 0.0748. The van der Waals surface area contributed by atoms with Crippen LogP contribution in [-0.2, 0) is 19.1 Å². The minimum atomic E-state index is -1.30. The maximum Gasteiger partial charge on any atom is 0.323 e. The van der Waals surface area contributed by atoms with Gasteiger partial charge in [-0.3, -0.25) is 9.59 Å². The standard InChI is InChI=1S/C12H17BrO4/c1-4-8-16-10(14)12(3,6-7-13)11(15)17-9-5-2/h4-5H,1-2,6-9H2,3H3. The zero-order chi connectivity index (χ0) is 13.3. The molecule has 0 aromatic rings. The number of hydrogen-bond donors (Lipinski definition) is 0. The van der Waals surface area contributed by atoms with Gasteiger partial charge in [0.25, 0.3) is 0 Å². The van der Waals surface area contributed by atoms with E-state index in [2.05, 4.69) is 29.1 Å². The summed E-state index contributed by atoms with van der Waals surface area (Å²) in [5.74, 6) is -1.21. The third-order valence-corrected chi connectivity index (χ3v) is 2.56. The topological polar surface area (TPSA) is 52.6 Å². The van der Waals surface area contributed by atoms with Gasteiger partial charge in [0.05, 0.1) is 0 Å². The van der Waals surface area contributed by atoms with E-state index in [-0.39, 0.29) is 13.2 Å². The Morgan fingerprint density at radius 2 is 1.59 bits per heavy atom. The minimum Gasteiger partial charge on any atom is -0.461 e. The number of hydrogen-bond acceptors (Lipinski definition) is 4. The first-order valence-corrected chi connectivity index (χ1v) is 6.27. The van der Waals surface area contributed by atoms with E-state index in [0.29, 0.717) is 11.8 Å². The lowest BCUT2D eigenvalue weighted by atomic mass is 9.88. The molecule has 5 heteroatoms. The van der Waals surface area contributed by atoms with Gasteiger partial charge in [0.2, 0.25) is 0 Å². The van der Waals surface area contributed by atoms with Crippen molar-refractivity contribution in [2.75, 3.05) is 18.5 Å². The molecule has 0 rings (SSSR count). The van der Waals surface area contributed by atoms with Crippen LogP contribution in [0.25, 0.3) is 0 Å². The molecule has 0 heterocycles. The molecule has 0 aromatic carbocycles. The number of rotatable bonds is 8. The highest BCUT2D eigenvalue weighted by Gasteiger charge is 2.43. The Morgan fingerprint density at radius 3 is 1.88 bits per heavy atom. The van der Waals surface area contributed by atoms with Gasteiger partial charge in [-0.15, -0.1) is 0 Å². The quantitative estimate of drug-likeness (QED) is 0.299. The number of halogens is 1. The van der Waals surface area contributed by atoms with Crippen LogP contribution < -0.4 is 0 Å². The van der Waals surface area contributed by atoms with Crippen molar-refractivity contribution in [2.24, 2.45) is 5.41 Å². The Bertz CT molecular complexity index is 275. The zero-order valence-corrected chi connectivity index (χ0v) is 11.5. The smallest absolute Gasteiger partial charge is 0.323 e. The summed E-state index contributed by atoms with van der Waals surface area (Å²) in [6, 6.07) is 0. The molecular formula is C12H17BrO4. The van der Waals surface area contributed by atoms with Crippen LogP contribution >= 0.6 is 15.9 Å². The van der Waals surface area contributed by atoms with Gasteiger partial charge in [-0.05, 0) is 13.3 Å². The molecule has 0 radical (unpaired) electrons. The molecule has 96 valence electrons. The molecule has 0 N–H and O–H groups in total. The SMILES string of the molecule is C=CCOC(=O)C(C)(CCBr)C(=O)OCC=C. The lowest BCUT2D eigenvalue weighted by Crippen LogP contribution is -2.40. The van der Waals surface area contributed by atoms with Crippen molar-refractivity contribution in [3.05, 3.63) is 25.3 Å². The molecule has 0 unspecified atom stereocenters. The Labute approximate surface area is 110 Å². The zero-order valence-electron chi connectivity index (χ0n) is 9.91. The summed E-state index contributed by atoms with van der Waals surface area (Å²) in [4.78, 5) is 23.6. The van der Waals surface area contributed by atoms with Crippen molar-refractivity contribution in [1.82, 2.24) is 0 Å². The van der Waals surface area contributed by atoms with Crippen molar-refractivity contribution < 1.29 is 19.1 Å². The highest BCUT2D eigenvalue weighted by atomic mass is 79.9. The fourth-order valence-electron chi connectivity index (χ4n) is 1.06. The van der Waals surface area contributed by atoms with Crippen molar-refractivity contribution in [1.29, 1.82) is 0 Å². The molecule has 0 spiro atoms. The highest BCUT2D eigenvalue weighted by molar-refractivity contribution is 9.09. The largest absolute Gasteiger partial charge is 0.461 e. The first kappa shape index (κ1) is 15.9. The van der Waals surface area contributed by atoms with E-state index < -0.39 is 17.4 Å². The van der Waals surface area contributed by atoms with E-state index in [1.165, 1.54) is 19.1 Å². The number of ether oxygens (including phenoxy) is 2. The fraction of sp³-hybridized carbons (Fsp3) is 0.500. The fourth-order valence-corrected chi connectivity index (χ4v) is 1.86. The van der Waals surface area contributed by atoms with Crippen LogP contribution in [0.4, 0.5) is 0 Å². The molecule has 0 saturated heterocycles. The molecule has 0 fully saturated rings. The van der Waals surface area contributed by atoms with Crippen molar-refractivity contribution in [2.45, 2.75) is 13.3 Å². The lowest BCUT2D eigenvalue weighted by Gasteiger charge is -2.23. The van der Waals surface area contributed by atoms with Crippen molar-refractivity contribution >= 4 is 27.9 Å². The van der Waals surface area contributed by atoms with E-state index >= 15 is 0 Å². The van der Waals surface area contributed by atoms with E-state index in [4.69, 9.17) is 9.47 Å². The highest BCUT2D eigenvalue weighted by Crippen LogP contribution is 2.26. The summed E-state index contributed by atoms with van der Waals surface area (Å²) in [6.07, 6.45) is 3.20. The predicted octanol–water partition coefficient (Wildman–Crippen LogP) is 2.24. The summed E-state index contributed by atoms with van der Waals surface area (Å²) in [5, 5.41) is 0.496. The summed E-state index contributed by atoms with van der Waals surface area (Å²) in [5.41, 5.74) is -1.30. The summed E-state index contributed by atoms with van der Waals surface area (Å²) in [7, 11) is 0. The van der Waals surface area contributed by atoms with Crippen molar-refractivity contribution in [3.63, 3.8) is 0 Å². The predicted molar refractivity (Wildman–Crippen MR) is 68.8 cm³/mol. The third kappa shape index (κ3) is 4.73. The monoisotopic (exact) mass is 304 g/mol. The number of carbonyl (C=O) groups is 2. The molecule has 0 aliphatic heterocycles. The Morgan fingerprint density at radius 1 is 1.18 bits per heavy atom. The first-order valence-electron chi connectivity index (χ1n) is 5.15. The van der Waals surface area contributed by atoms with E-state index in [1.807, 2.05) is 0 Å². The first-order chi connectivity index (χ1) is 8.02. The van der Waals surface area contributed by atoms with Crippen LogP contribution in [0, 0.1) is 5.41 Å².